The summed E-state index contributed by atoms with van der Waals surface area (Å²) in [5, 5.41) is 2.93. The highest BCUT2D eigenvalue weighted by molar-refractivity contribution is 5.79. The number of carbonyl (C=O) groups excluding carboxylic acids is 1. The minimum atomic E-state index is -0.597. The predicted molar refractivity (Wildman–Crippen MR) is 96.1 cm³/mol. The van der Waals surface area contributed by atoms with Crippen LogP contribution < -0.4 is 10.1 Å². The van der Waals surface area contributed by atoms with Gasteiger partial charge in [-0.1, -0.05) is 38.1 Å². The molecule has 0 aliphatic heterocycles. The molecular weight excluding hydrogens is 336 g/mol. The summed E-state index contributed by atoms with van der Waals surface area (Å²) in [5.41, 5.74) is 0.580. The van der Waals surface area contributed by atoms with Crippen LogP contribution in [0.5, 0.6) is 5.75 Å². The Hall–Kier alpha value is -2.43. The van der Waals surface area contributed by atoms with Crippen molar-refractivity contribution in [2.45, 2.75) is 32.1 Å². The summed E-state index contributed by atoms with van der Waals surface area (Å²) < 4.78 is 32.9. The van der Waals surface area contributed by atoms with Gasteiger partial charge in [0, 0.05) is 23.6 Å². The van der Waals surface area contributed by atoms with E-state index in [2.05, 4.69) is 5.32 Å². The summed E-state index contributed by atoms with van der Waals surface area (Å²) in [7, 11) is 1.57. The molecule has 5 heteroatoms. The van der Waals surface area contributed by atoms with Crippen molar-refractivity contribution in [1.29, 1.82) is 0 Å². The van der Waals surface area contributed by atoms with E-state index in [1.54, 1.807) is 7.11 Å². The number of ether oxygens (including phenoxy) is 1. The number of halogens is 2. The molecule has 1 N–H and O–H groups in total. The molecule has 0 saturated heterocycles. The van der Waals surface area contributed by atoms with Gasteiger partial charge in [0.15, 0.2) is 0 Å². The van der Waals surface area contributed by atoms with Crippen molar-refractivity contribution in [2.24, 2.45) is 5.41 Å². The van der Waals surface area contributed by atoms with Gasteiger partial charge in [0.25, 0.3) is 0 Å². The number of methoxy groups -OCH3 is 1. The third-order valence-corrected chi connectivity index (χ3v) is 5.49. The maximum Gasteiger partial charge on any atom is 0.224 e. The van der Waals surface area contributed by atoms with Crippen LogP contribution in [-0.4, -0.2) is 19.6 Å². The van der Waals surface area contributed by atoms with E-state index in [9.17, 15) is 13.6 Å². The van der Waals surface area contributed by atoms with Crippen LogP contribution in [0.4, 0.5) is 8.78 Å². The molecule has 1 unspecified atom stereocenters. The first kappa shape index (κ1) is 18.4. The van der Waals surface area contributed by atoms with Gasteiger partial charge in [0.2, 0.25) is 5.91 Å². The maximum absolute atomic E-state index is 14.3. The smallest absolute Gasteiger partial charge is 0.224 e. The van der Waals surface area contributed by atoms with E-state index in [1.165, 1.54) is 12.1 Å². The average molecular weight is 359 g/mol. The molecule has 26 heavy (non-hydrogen) atoms. The SMILES string of the molecule is COc1ccccc1CC(=O)NCC1(c2ccc(F)cc2F)CC1(C)C. The first-order valence-electron chi connectivity index (χ1n) is 8.63. The monoisotopic (exact) mass is 359 g/mol. The van der Waals surface area contributed by atoms with Crippen molar-refractivity contribution >= 4 is 5.91 Å². The number of hydrogen-bond donors (Lipinski definition) is 1. The number of nitrogens with one attached hydrogen (secondary N) is 1. The first-order chi connectivity index (χ1) is 12.3. The second kappa shape index (κ2) is 6.71. The molecule has 1 fully saturated rings. The summed E-state index contributed by atoms with van der Waals surface area (Å²) in [5.74, 6) is -0.651. The lowest BCUT2D eigenvalue weighted by molar-refractivity contribution is -0.120. The van der Waals surface area contributed by atoms with Crippen LogP contribution in [0.1, 0.15) is 31.4 Å². The molecule has 1 amide bonds. The molecule has 2 aromatic rings. The van der Waals surface area contributed by atoms with Crippen molar-refractivity contribution in [3.8, 4) is 5.75 Å². The second-order valence-electron chi connectivity index (χ2n) is 7.53. The molecule has 3 nitrogen and oxygen atoms in total. The molecule has 1 atom stereocenters. The number of hydrogen-bond acceptors (Lipinski definition) is 2. The Morgan fingerprint density at radius 1 is 1.19 bits per heavy atom. The van der Waals surface area contributed by atoms with Crippen LogP contribution in [-0.2, 0) is 16.6 Å². The zero-order chi connectivity index (χ0) is 18.9. The summed E-state index contributed by atoms with van der Waals surface area (Å²) in [4.78, 5) is 12.4. The molecule has 0 radical (unpaired) electrons. The Morgan fingerprint density at radius 3 is 2.50 bits per heavy atom. The molecule has 3 rings (SSSR count). The van der Waals surface area contributed by atoms with Gasteiger partial charge in [-0.15, -0.1) is 0 Å². The fourth-order valence-corrected chi connectivity index (χ4v) is 3.78. The van der Waals surface area contributed by atoms with Crippen molar-refractivity contribution in [3.05, 3.63) is 65.2 Å². The lowest BCUT2D eigenvalue weighted by Gasteiger charge is -2.22. The summed E-state index contributed by atoms with van der Waals surface area (Å²) in [6, 6.07) is 11.0. The Balaban J connectivity index is 1.73. The minimum Gasteiger partial charge on any atom is -0.496 e. The largest absolute Gasteiger partial charge is 0.496 e. The maximum atomic E-state index is 14.3. The van der Waals surface area contributed by atoms with Gasteiger partial charge in [0.05, 0.1) is 13.5 Å². The second-order valence-corrected chi connectivity index (χ2v) is 7.53. The highest BCUT2D eigenvalue weighted by atomic mass is 19.1. The van der Waals surface area contributed by atoms with Crippen molar-refractivity contribution in [3.63, 3.8) is 0 Å². The number of benzene rings is 2. The quantitative estimate of drug-likeness (QED) is 0.847. The topological polar surface area (TPSA) is 38.3 Å². The van der Waals surface area contributed by atoms with Gasteiger partial charge in [0.1, 0.15) is 17.4 Å². The standard InChI is InChI=1S/C21H23F2NO2/c1-20(2)12-21(20,16-9-8-15(22)11-17(16)23)13-24-19(25)10-14-6-4-5-7-18(14)26-3/h4-9,11H,10,12-13H2,1-3H3,(H,24,25). The van der Waals surface area contributed by atoms with Gasteiger partial charge in [-0.3, -0.25) is 4.79 Å². The Morgan fingerprint density at radius 2 is 1.88 bits per heavy atom. The molecule has 0 bridgehead atoms. The van der Waals surface area contributed by atoms with E-state index in [4.69, 9.17) is 4.74 Å². The highest BCUT2D eigenvalue weighted by Crippen LogP contribution is 2.64. The van der Waals surface area contributed by atoms with Gasteiger partial charge < -0.3 is 10.1 Å². The van der Waals surface area contributed by atoms with E-state index in [-0.39, 0.29) is 17.7 Å². The van der Waals surface area contributed by atoms with E-state index < -0.39 is 17.0 Å². The predicted octanol–water partition coefficient (Wildman–Crippen LogP) is 4.00. The van der Waals surface area contributed by atoms with E-state index in [1.807, 2.05) is 38.1 Å². The van der Waals surface area contributed by atoms with Gasteiger partial charge in [-0.2, -0.15) is 0 Å². The number of amides is 1. The van der Waals surface area contributed by atoms with Crippen LogP contribution in [0.3, 0.4) is 0 Å². The number of carbonyl (C=O) groups is 1. The molecule has 0 spiro atoms. The lowest BCUT2D eigenvalue weighted by Crippen LogP contribution is -2.36. The molecule has 1 aliphatic carbocycles. The number of para-hydroxylation sites is 1. The van der Waals surface area contributed by atoms with Crippen LogP contribution in [0, 0.1) is 17.0 Å². The van der Waals surface area contributed by atoms with Crippen molar-refractivity contribution < 1.29 is 18.3 Å². The lowest BCUT2D eigenvalue weighted by atomic mass is 9.87. The molecule has 138 valence electrons. The van der Waals surface area contributed by atoms with Crippen molar-refractivity contribution in [1.82, 2.24) is 5.32 Å². The molecule has 1 saturated carbocycles. The Labute approximate surface area is 152 Å². The van der Waals surface area contributed by atoms with E-state index in [0.717, 1.165) is 18.1 Å². The summed E-state index contributed by atoms with van der Waals surface area (Å²) in [6.45, 7) is 4.38. The minimum absolute atomic E-state index is 0.154. The van der Waals surface area contributed by atoms with Gasteiger partial charge in [-0.25, -0.2) is 8.78 Å². The van der Waals surface area contributed by atoms with E-state index >= 15 is 0 Å². The Bertz CT molecular complexity index is 835. The van der Waals surface area contributed by atoms with Crippen LogP contribution in [0.15, 0.2) is 42.5 Å². The fourth-order valence-electron chi connectivity index (χ4n) is 3.78. The Kier molecular flexibility index (Phi) is 4.74. The molecule has 1 aliphatic rings. The number of rotatable bonds is 6. The summed E-state index contributed by atoms with van der Waals surface area (Å²) >= 11 is 0. The zero-order valence-electron chi connectivity index (χ0n) is 15.2. The third-order valence-electron chi connectivity index (χ3n) is 5.49. The van der Waals surface area contributed by atoms with Crippen LogP contribution >= 0.6 is 0 Å². The van der Waals surface area contributed by atoms with E-state index in [0.29, 0.717) is 17.9 Å². The third kappa shape index (κ3) is 3.30. The van der Waals surface area contributed by atoms with Gasteiger partial charge >= 0.3 is 0 Å². The van der Waals surface area contributed by atoms with Crippen LogP contribution in [0.2, 0.25) is 0 Å². The molecular formula is C21H23F2NO2. The normalized spacial score (nSPS) is 20.5. The molecule has 0 heterocycles. The van der Waals surface area contributed by atoms with Crippen LogP contribution in [0.25, 0.3) is 0 Å². The van der Waals surface area contributed by atoms with Gasteiger partial charge in [-0.05, 0) is 29.5 Å². The first-order valence-corrected chi connectivity index (χ1v) is 8.63. The average Bonchev–Trinajstić information content (AvgIpc) is 3.15. The molecule has 2 aromatic carbocycles. The molecule has 0 aromatic heterocycles. The zero-order valence-corrected chi connectivity index (χ0v) is 15.2. The fraction of sp³-hybridized carbons (Fsp3) is 0.381. The summed E-state index contributed by atoms with van der Waals surface area (Å²) in [6.07, 6.45) is 0.921. The highest BCUT2D eigenvalue weighted by Gasteiger charge is 2.62. The van der Waals surface area contributed by atoms with Crippen molar-refractivity contribution in [2.75, 3.05) is 13.7 Å².